The van der Waals surface area contributed by atoms with Gasteiger partial charge in [-0.1, -0.05) is 30.3 Å². The molecule has 1 heterocycles. The molecular formula is C10H9FN2. The van der Waals surface area contributed by atoms with Crippen molar-refractivity contribution in [1.82, 2.24) is 10.2 Å². The summed E-state index contributed by atoms with van der Waals surface area (Å²) in [6.07, 6.45) is 0. The van der Waals surface area contributed by atoms with Gasteiger partial charge in [0.05, 0.1) is 5.69 Å². The van der Waals surface area contributed by atoms with Crippen molar-refractivity contribution < 1.29 is 4.39 Å². The molecule has 0 saturated carbocycles. The Kier molecular flexibility index (Phi) is 1.85. The van der Waals surface area contributed by atoms with Crippen molar-refractivity contribution in [2.24, 2.45) is 0 Å². The Labute approximate surface area is 75.4 Å². The Hall–Kier alpha value is -1.64. The van der Waals surface area contributed by atoms with Crippen LogP contribution in [0.5, 0.6) is 0 Å². The Balaban J connectivity index is 2.53. The van der Waals surface area contributed by atoms with Crippen LogP contribution in [-0.2, 0) is 0 Å². The summed E-state index contributed by atoms with van der Waals surface area (Å²) in [5.41, 5.74) is 2.17. The molecule has 0 aliphatic heterocycles. The van der Waals surface area contributed by atoms with Gasteiger partial charge in [-0.05, 0) is 6.92 Å². The molecule has 0 aliphatic carbocycles. The maximum atomic E-state index is 12.9. The number of hydrogen-bond donors (Lipinski definition) is 1. The molecule has 0 spiro atoms. The first kappa shape index (κ1) is 7.98. The van der Waals surface area contributed by atoms with E-state index in [1.165, 1.54) is 0 Å². The number of aromatic amines is 1. The maximum absolute atomic E-state index is 12.9. The van der Waals surface area contributed by atoms with E-state index in [4.69, 9.17) is 0 Å². The molecule has 0 aliphatic rings. The molecule has 0 saturated heterocycles. The molecule has 0 unspecified atom stereocenters. The van der Waals surface area contributed by atoms with Gasteiger partial charge in [-0.3, -0.25) is 5.10 Å². The van der Waals surface area contributed by atoms with Crippen molar-refractivity contribution >= 4 is 0 Å². The average molecular weight is 176 g/mol. The second-order valence-corrected chi connectivity index (χ2v) is 2.88. The van der Waals surface area contributed by atoms with Gasteiger partial charge in [0.2, 0.25) is 5.95 Å². The maximum Gasteiger partial charge on any atom is 0.212 e. The Morgan fingerprint density at radius 3 is 2.46 bits per heavy atom. The number of rotatable bonds is 1. The van der Waals surface area contributed by atoms with E-state index in [0.717, 1.165) is 5.56 Å². The normalized spacial score (nSPS) is 10.3. The van der Waals surface area contributed by atoms with E-state index in [9.17, 15) is 4.39 Å². The van der Waals surface area contributed by atoms with Crippen LogP contribution >= 0.6 is 0 Å². The van der Waals surface area contributed by atoms with Crippen LogP contribution in [-0.4, -0.2) is 10.2 Å². The lowest BCUT2D eigenvalue weighted by molar-refractivity contribution is 0.572. The van der Waals surface area contributed by atoms with Gasteiger partial charge in [0.25, 0.3) is 0 Å². The molecule has 0 atom stereocenters. The minimum atomic E-state index is -0.362. The number of aromatic nitrogens is 2. The molecule has 1 aromatic carbocycles. The molecule has 1 aromatic heterocycles. The van der Waals surface area contributed by atoms with Crippen molar-refractivity contribution in [2.75, 3.05) is 0 Å². The number of nitrogens with one attached hydrogen (secondary N) is 1. The highest BCUT2D eigenvalue weighted by Crippen LogP contribution is 2.21. The first-order chi connectivity index (χ1) is 6.29. The van der Waals surface area contributed by atoms with Crippen LogP contribution in [0.4, 0.5) is 4.39 Å². The highest BCUT2D eigenvalue weighted by molar-refractivity contribution is 5.62. The van der Waals surface area contributed by atoms with Gasteiger partial charge in [-0.25, -0.2) is 0 Å². The molecule has 0 fully saturated rings. The fourth-order valence-corrected chi connectivity index (χ4v) is 1.25. The summed E-state index contributed by atoms with van der Waals surface area (Å²) in [4.78, 5) is 0. The smallest absolute Gasteiger partial charge is 0.212 e. The summed E-state index contributed by atoms with van der Waals surface area (Å²) >= 11 is 0. The molecule has 2 aromatic rings. The van der Waals surface area contributed by atoms with Crippen molar-refractivity contribution in [2.45, 2.75) is 6.92 Å². The van der Waals surface area contributed by atoms with E-state index in [2.05, 4.69) is 10.2 Å². The van der Waals surface area contributed by atoms with Crippen molar-refractivity contribution in [3.8, 4) is 11.3 Å². The van der Waals surface area contributed by atoms with Crippen molar-refractivity contribution in [3.63, 3.8) is 0 Å². The van der Waals surface area contributed by atoms with E-state index in [0.29, 0.717) is 11.3 Å². The van der Waals surface area contributed by atoms with Crippen LogP contribution in [0.3, 0.4) is 0 Å². The van der Waals surface area contributed by atoms with Gasteiger partial charge in [-0.15, -0.1) is 0 Å². The van der Waals surface area contributed by atoms with Crippen LogP contribution in [0, 0.1) is 12.9 Å². The zero-order chi connectivity index (χ0) is 9.26. The number of halogens is 1. The third-order valence-corrected chi connectivity index (χ3v) is 2.00. The van der Waals surface area contributed by atoms with Crippen LogP contribution in [0.15, 0.2) is 30.3 Å². The van der Waals surface area contributed by atoms with Crippen LogP contribution < -0.4 is 0 Å². The predicted molar refractivity (Wildman–Crippen MR) is 48.7 cm³/mol. The van der Waals surface area contributed by atoms with Gasteiger partial charge in [-0.2, -0.15) is 9.49 Å². The first-order valence-corrected chi connectivity index (χ1v) is 4.05. The zero-order valence-corrected chi connectivity index (χ0v) is 7.21. The topological polar surface area (TPSA) is 28.7 Å². The molecule has 66 valence electrons. The van der Waals surface area contributed by atoms with E-state index < -0.39 is 0 Å². The van der Waals surface area contributed by atoms with Crippen LogP contribution in [0.2, 0.25) is 0 Å². The summed E-state index contributed by atoms with van der Waals surface area (Å²) in [6.45, 7) is 1.71. The third-order valence-electron chi connectivity index (χ3n) is 2.00. The molecule has 2 rings (SSSR count). The lowest BCUT2D eigenvalue weighted by atomic mass is 10.1. The van der Waals surface area contributed by atoms with Gasteiger partial charge >= 0.3 is 0 Å². The molecule has 0 radical (unpaired) electrons. The fraction of sp³-hybridized carbons (Fsp3) is 0.100. The number of benzene rings is 1. The Morgan fingerprint density at radius 1 is 1.23 bits per heavy atom. The van der Waals surface area contributed by atoms with Crippen molar-refractivity contribution in [1.29, 1.82) is 0 Å². The standard InChI is InChI=1S/C10H9FN2/c1-7-9(12-13-10(7)11)8-5-3-2-4-6-8/h2-6H,1H3,(H,12,13). The summed E-state index contributed by atoms with van der Waals surface area (Å²) in [6, 6.07) is 9.54. The van der Waals surface area contributed by atoms with E-state index in [1.54, 1.807) is 6.92 Å². The second kappa shape index (κ2) is 3.01. The highest BCUT2D eigenvalue weighted by Gasteiger charge is 2.08. The van der Waals surface area contributed by atoms with Gasteiger partial charge in [0.1, 0.15) is 0 Å². The van der Waals surface area contributed by atoms with Crippen LogP contribution in [0.25, 0.3) is 11.3 Å². The van der Waals surface area contributed by atoms with Crippen molar-refractivity contribution in [3.05, 3.63) is 41.8 Å². The van der Waals surface area contributed by atoms with E-state index in [-0.39, 0.29) is 5.95 Å². The van der Waals surface area contributed by atoms with E-state index in [1.807, 2.05) is 30.3 Å². The Bertz CT molecular complexity index is 406. The van der Waals surface area contributed by atoms with Gasteiger partial charge in [0, 0.05) is 11.1 Å². The highest BCUT2D eigenvalue weighted by atomic mass is 19.1. The van der Waals surface area contributed by atoms with Gasteiger partial charge in [0.15, 0.2) is 0 Å². The summed E-state index contributed by atoms with van der Waals surface area (Å²) in [5.74, 6) is -0.362. The molecule has 0 amide bonds. The largest absolute Gasteiger partial charge is 0.252 e. The Morgan fingerprint density at radius 2 is 1.92 bits per heavy atom. The number of H-pyrrole nitrogens is 1. The number of hydrogen-bond acceptors (Lipinski definition) is 1. The molecule has 13 heavy (non-hydrogen) atoms. The molecule has 3 heteroatoms. The zero-order valence-electron chi connectivity index (χ0n) is 7.21. The minimum Gasteiger partial charge on any atom is -0.252 e. The minimum absolute atomic E-state index is 0.362. The monoisotopic (exact) mass is 176 g/mol. The second-order valence-electron chi connectivity index (χ2n) is 2.88. The molecule has 2 nitrogen and oxygen atoms in total. The SMILES string of the molecule is Cc1c(-c2ccccc2)n[nH]c1F. The fourth-order valence-electron chi connectivity index (χ4n) is 1.25. The van der Waals surface area contributed by atoms with Crippen LogP contribution in [0.1, 0.15) is 5.56 Å². The van der Waals surface area contributed by atoms with E-state index >= 15 is 0 Å². The molecule has 1 N–H and O–H groups in total. The quantitative estimate of drug-likeness (QED) is 0.710. The first-order valence-electron chi connectivity index (χ1n) is 4.05. The lowest BCUT2D eigenvalue weighted by Gasteiger charge is -1.95. The molecule has 0 bridgehead atoms. The summed E-state index contributed by atoms with van der Waals surface area (Å²) in [5, 5.41) is 6.20. The number of nitrogens with zero attached hydrogens (tertiary/aromatic N) is 1. The average Bonchev–Trinajstić information content (AvgIpc) is 2.49. The summed E-state index contributed by atoms with van der Waals surface area (Å²) in [7, 11) is 0. The summed E-state index contributed by atoms with van der Waals surface area (Å²) < 4.78 is 12.9. The molecular weight excluding hydrogens is 167 g/mol. The van der Waals surface area contributed by atoms with Gasteiger partial charge < -0.3 is 0 Å². The predicted octanol–water partition coefficient (Wildman–Crippen LogP) is 2.52. The third kappa shape index (κ3) is 1.33. The lowest BCUT2D eigenvalue weighted by Crippen LogP contribution is -1.80.